The number of Topliss-reactive ketones (excluding diaryl/α,β-unsaturated/α-hetero) is 1. The molecule has 3 aromatic rings. The Hall–Kier alpha value is -3.03. The van der Waals surface area contributed by atoms with Crippen molar-refractivity contribution in [1.29, 1.82) is 0 Å². The average molecular weight is 456 g/mol. The molecule has 0 fully saturated rings. The highest BCUT2D eigenvalue weighted by Gasteiger charge is 2.20. The summed E-state index contributed by atoms with van der Waals surface area (Å²) in [4.78, 5) is 26.4. The number of ketones is 1. The Balaban J connectivity index is 1.73. The first-order chi connectivity index (χ1) is 15.4. The zero-order valence-corrected chi connectivity index (χ0v) is 19.2. The van der Waals surface area contributed by atoms with E-state index in [4.69, 9.17) is 9.47 Å². The van der Waals surface area contributed by atoms with Crippen molar-refractivity contribution >= 4 is 34.7 Å². The number of benzene rings is 1. The summed E-state index contributed by atoms with van der Waals surface area (Å²) in [5, 5.41) is 1.85. The Morgan fingerprint density at radius 2 is 1.91 bits per heavy atom. The molecule has 32 heavy (non-hydrogen) atoms. The molecule has 0 saturated carbocycles. The van der Waals surface area contributed by atoms with Crippen LogP contribution in [-0.2, 0) is 20.8 Å². The van der Waals surface area contributed by atoms with Crippen molar-refractivity contribution in [3.63, 3.8) is 0 Å². The van der Waals surface area contributed by atoms with Gasteiger partial charge in [-0.15, -0.1) is 11.3 Å². The number of halogens is 1. The molecule has 3 rings (SSSR count). The highest BCUT2D eigenvalue weighted by molar-refractivity contribution is 7.11. The van der Waals surface area contributed by atoms with E-state index in [-0.39, 0.29) is 18.2 Å². The van der Waals surface area contributed by atoms with Crippen LogP contribution in [0.5, 0.6) is 0 Å². The summed E-state index contributed by atoms with van der Waals surface area (Å²) < 4.78 is 25.8. The lowest BCUT2D eigenvalue weighted by Gasteiger charge is -2.10. The van der Waals surface area contributed by atoms with Crippen molar-refractivity contribution in [2.45, 2.75) is 26.8 Å². The van der Waals surface area contributed by atoms with Gasteiger partial charge in [0, 0.05) is 42.1 Å². The van der Waals surface area contributed by atoms with E-state index in [9.17, 15) is 14.0 Å². The molecule has 0 aliphatic rings. The Morgan fingerprint density at radius 1 is 1.16 bits per heavy atom. The standard InChI is InChI=1S/C25H26FNO4S/c1-17-14-21(18(2)27(17)11-5-12-30-3)23(28)16-31-25(29)22(24-6-4-13-32-24)15-19-7-9-20(26)10-8-19/h4,6-10,13-15H,5,11-12,16H2,1-3H3. The molecule has 0 bridgehead atoms. The van der Waals surface area contributed by atoms with Crippen LogP contribution in [0.3, 0.4) is 0 Å². The summed E-state index contributed by atoms with van der Waals surface area (Å²) in [5.74, 6) is -1.21. The van der Waals surface area contributed by atoms with Gasteiger partial charge in [-0.2, -0.15) is 0 Å². The zero-order valence-electron chi connectivity index (χ0n) is 18.4. The van der Waals surface area contributed by atoms with Crippen molar-refractivity contribution in [2.75, 3.05) is 20.3 Å². The lowest BCUT2D eigenvalue weighted by atomic mass is 10.1. The van der Waals surface area contributed by atoms with Gasteiger partial charge in [-0.25, -0.2) is 9.18 Å². The number of aromatic nitrogens is 1. The van der Waals surface area contributed by atoms with E-state index in [0.29, 0.717) is 28.2 Å². The van der Waals surface area contributed by atoms with Gasteiger partial charge < -0.3 is 14.0 Å². The molecule has 0 amide bonds. The predicted octanol–water partition coefficient (Wildman–Crippen LogP) is 5.31. The number of hydrogen-bond acceptors (Lipinski definition) is 5. The van der Waals surface area contributed by atoms with Crippen LogP contribution in [0.15, 0.2) is 47.8 Å². The summed E-state index contributed by atoms with van der Waals surface area (Å²) in [7, 11) is 1.66. The van der Waals surface area contributed by atoms with Crippen LogP contribution in [0.25, 0.3) is 11.6 Å². The molecule has 0 saturated heterocycles. The topological polar surface area (TPSA) is 57.5 Å². The summed E-state index contributed by atoms with van der Waals surface area (Å²) in [6.45, 7) is 4.88. The lowest BCUT2D eigenvalue weighted by Crippen LogP contribution is -2.16. The largest absolute Gasteiger partial charge is 0.454 e. The molecule has 168 valence electrons. The van der Waals surface area contributed by atoms with Crippen molar-refractivity contribution in [3.8, 4) is 0 Å². The number of thiophene rings is 1. The van der Waals surface area contributed by atoms with Gasteiger partial charge in [-0.3, -0.25) is 4.79 Å². The minimum atomic E-state index is -0.598. The van der Waals surface area contributed by atoms with E-state index < -0.39 is 5.97 Å². The lowest BCUT2D eigenvalue weighted by molar-refractivity contribution is -0.135. The van der Waals surface area contributed by atoms with Gasteiger partial charge in [0.15, 0.2) is 6.61 Å². The maximum absolute atomic E-state index is 13.2. The highest BCUT2D eigenvalue weighted by Crippen LogP contribution is 2.25. The monoisotopic (exact) mass is 455 g/mol. The number of esters is 1. The predicted molar refractivity (Wildman–Crippen MR) is 124 cm³/mol. The Morgan fingerprint density at radius 3 is 2.56 bits per heavy atom. The fourth-order valence-corrected chi connectivity index (χ4v) is 4.20. The molecule has 5 nitrogen and oxygen atoms in total. The number of methoxy groups -OCH3 is 1. The molecule has 0 spiro atoms. The quantitative estimate of drug-likeness (QED) is 0.180. The first kappa shape index (κ1) is 23.6. The van der Waals surface area contributed by atoms with Crippen molar-refractivity contribution in [2.24, 2.45) is 0 Å². The number of nitrogens with zero attached hydrogens (tertiary/aromatic N) is 1. The van der Waals surface area contributed by atoms with Gasteiger partial charge in [0.05, 0.1) is 5.57 Å². The highest BCUT2D eigenvalue weighted by atomic mass is 32.1. The van der Waals surface area contributed by atoms with Gasteiger partial charge in [0.2, 0.25) is 5.78 Å². The SMILES string of the molecule is COCCCn1c(C)cc(C(=O)COC(=O)C(=Cc2ccc(F)cc2)c2cccs2)c1C. The smallest absolute Gasteiger partial charge is 0.340 e. The number of aryl methyl sites for hydroxylation is 1. The maximum atomic E-state index is 13.2. The third-order valence-corrected chi connectivity index (χ3v) is 6.03. The second-order valence-electron chi connectivity index (χ2n) is 7.37. The van der Waals surface area contributed by atoms with Crippen molar-refractivity contribution < 1.29 is 23.5 Å². The van der Waals surface area contributed by atoms with Gasteiger partial charge in [-0.05, 0) is 61.6 Å². The summed E-state index contributed by atoms with van der Waals surface area (Å²) in [6.07, 6.45) is 2.48. The van der Waals surface area contributed by atoms with Gasteiger partial charge in [0.1, 0.15) is 5.82 Å². The van der Waals surface area contributed by atoms with E-state index >= 15 is 0 Å². The second-order valence-corrected chi connectivity index (χ2v) is 8.32. The van der Waals surface area contributed by atoms with E-state index in [0.717, 1.165) is 24.4 Å². The minimum Gasteiger partial charge on any atom is -0.454 e. The Kier molecular flexibility index (Phi) is 8.14. The zero-order chi connectivity index (χ0) is 23.1. The van der Waals surface area contributed by atoms with Gasteiger partial charge >= 0.3 is 5.97 Å². The third-order valence-electron chi connectivity index (χ3n) is 5.13. The van der Waals surface area contributed by atoms with Gasteiger partial charge in [-0.1, -0.05) is 18.2 Å². The van der Waals surface area contributed by atoms with Crippen LogP contribution >= 0.6 is 11.3 Å². The Bertz CT molecular complexity index is 1100. The normalized spacial score (nSPS) is 11.6. The molecular weight excluding hydrogens is 429 g/mol. The molecule has 0 aliphatic heterocycles. The van der Waals surface area contributed by atoms with Gasteiger partial charge in [0.25, 0.3) is 0 Å². The minimum absolute atomic E-state index is 0.253. The maximum Gasteiger partial charge on any atom is 0.340 e. The molecule has 1 aromatic carbocycles. The number of rotatable bonds is 10. The molecular formula is C25H26FNO4S. The molecule has 0 radical (unpaired) electrons. The summed E-state index contributed by atoms with van der Waals surface area (Å²) >= 11 is 1.39. The van der Waals surface area contributed by atoms with Crippen LogP contribution in [0.2, 0.25) is 0 Å². The van der Waals surface area contributed by atoms with Crippen LogP contribution in [-0.4, -0.2) is 36.6 Å². The third kappa shape index (κ3) is 5.81. The number of carbonyl (C=O) groups excluding carboxylic acids is 2. The molecule has 0 N–H and O–H groups in total. The molecule has 0 unspecified atom stereocenters. The molecule has 0 aliphatic carbocycles. The summed E-state index contributed by atoms with van der Waals surface area (Å²) in [6, 6.07) is 11.3. The number of hydrogen-bond donors (Lipinski definition) is 0. The Labute approximate surface area is 191 Å². The molecule has 2 heterocycles. The van der Waals surface area contributed by atoms with E-state index in [2.05, 4.69) is 4.57 Å². The first-order valence-corrected chi connectivity index (χ1v) is 11.2. The second kappa shape index (κ2) is 11.0. The number of ether oxygens (including phenoxy) is 2. The van der Waals surface area contributed by atoms with E-state index in [1.807, 2.05) is 31.4 Å². The van der Waals surface area contributed by atoms with Crippen LogP contribution in [0.1, 0.15) is 38.6 Å². The van der Waals surface area contributed by atoms with Crippen LogP contribution in [0.4, 0.5) is 4.39 Å². The average Bonchev–Trinajstić information content (AvgIpc) is 3.41. The molecule has 0 atom stereocenters. The van der Waals surface area contributed by atoms with Crippen LogP contribution < -0.4 is 0 Å². The fourth-order valence-electron chi connectivity index (χ4n) is 3.47. The fraction of sp³-hybridized carbons (Fsp3) is 0.280. The molecule has 2 aromatic heterocycles. The summed E-state index contributed by atoms with van der Waals surface area (Å²) in [5.41, 5.74) is 3.36. The van der Waals surface area contributed by atoms with Crippen LogP contribution in [0, 0.1) is 19.7 Å². The van der Waals surface area contributed by atoms with Crippen molar-refractivity contribution in [3.05, 3.63) is 81.1 Å². The van der Waals surface area contributed by atoms with E-state index in [1.54, 1.807) is 31.4 Å². The first-order valence-electron chi connectivity index (χ1n) is 10.3. The van der Waals surface area contributed by atoms with Crippen molar-refractivity contribution in [1.82, 2.24) is 4.57 Å². The number of carbonyl (C=O) groups is 2. The van der Waals surface area contributed by atoms with E-state index in [1.165, 1.54) is 23.5 Å². The molecule has 7 heteroatoms.